The van der Waals surface area contributed by atoms with Gasteiger partial charge in [-0.1, -0.05) is 24.3 Å². The van der Waals surface area contributed by atoms with Gasteiger partial charge in [0.1, 0.15) is 0 Å². The fraction of sp³-hybridized carbons (Fsp3) is 0.611. The first-order chi connectivity index (χ1) is 10.8. The quantitative estimate of drug-likeness (QED) is 0.911. The van der Waals surface area contributed by atoms with Crippen molar-refractivity contribution in [3.05, 3.63) is 35.4 Å². The zero-order valence-corrected chi connectivity index (χ0v) is 13.1. The van der Waals surface area contributed by atoms with E-state index in [1.165, 1.54) is 37.1 Å². The maximum atomic E-state index is 12.6. The Morgan fingerprint density at radius 1 is 1.09 bits per heavy atom. The van der Waals surface area contributed by atoms with Crippen LogP contribution in [0.15, 0.2) is 24.3 Å². The van der Waals surface area contributed by atoms with Crippen LogP contribution < -0.4 is 5.32 Å². The predicted molar refractivity (Wildman–Crippen MR) is 86.8 cm³/mol. The number of nitrogens with zero attached hydrogens (tertiary/aromatic N) is 2. The number of aryl methyl sites for hydroxylation is 1. The van der Waals surface area contributed by atoms with Gasteiger partial charge in [-0.05, 0) is 56.3 Å². The first kappa shape index (κ1) is 14.1. The van der Waals surface area contributed by atoms with Gasteiger partial charge in [-0.3, -0.25) is 4.90 Å². The van der Waals surface area contributed by atoms with E-state index in [1.807, 2.05) is 4.90 Å². The van der Waals surface area contributed by atoms with Gasteiger partial charge in [-0.2, -0.15) is 0 Å². The number of amides is 2. The molecule has 2 heterocycles. The highest BCUT2D eigenvalue weighted by atomic mass is 16.2. The maximum Gasteiger partial charge on any atom is 0.317 e. The summed E-state index contributed by atoms with van der Waals surface area (Å²) < 4.78 is 0. The molecule has 0 unspecified atom stereocenters. The highest BCUT2D eigenvalue weighted by molar-refractivity contribution is 5.75. The molecule has 1 aliphatic carbocycles. The van der Waals surface area contributed by atoms with Crippen LogP contribution in [0.1, 0.15) is 42.9 Å². The van der Waals surface area contributed by atoms with E-state index in [9.17, 15) is 4.79 Å². The van der Waals surface area contributed by atoms with Crippen molar-refractivity contribution in [1.82, 2.24) is 15.1 Å². The van der Waals surface area contributed by atoms with Gasteiger partial charge < -0.3 is 10.2 Å². The Kier molecular flexibility index (Phi) is 3.78. The summed E-state index contributed by atoms with van der Waals surface area (Å²) >= 11 is 0. The van der Waals surface area contributed by atoms with E-state index in [0.29, 0.717) is 6.04 Å². The lowest BCUT2D eigenvalue weighted by Crippen LogP contribution is -2.42. The smallest absolute Gasteiger partial charge is 0.317 e. The zero-order valence-electron chi connectivity index (χ0n) is 13.1. The van der Waals surface area contributed by atoms with Crippen molar-refractivity contribution in [2.24, 2.45) is 0 Å². The number of urea groups is 1. The van der Waals surface area contributed by atoms with Crippen molar-refractivity contribution in [1.29, 1.82) is 0 Å². The van der Waals surface area contributed by atoms with Crippen molar-refractivity contribution in [2.45, 2.75) is 44.2 Å². The third-order valence-corrected chi connectivity index (χ3v) is 5.54. The van der Waals surface area contributed by atoms with E-state index >= 15 is 0 Å². The van der Waals surface area contributed by atoms with Gasteiger partial charge in [0.2, 0.25) is 0 Å². The molecule has 0 bridgehead atoms. The number of hydrogen-bond donors (Lipinski definition) is 1. The molecule has 4 nitrogen and oxygen atoms in total. The third kappa shape index (κ3) is 2.60. The summed E-state index contributed by atoms with van der Waals surface area (Å²) in [7, 11) is 0. The summed E-state index contributed by atoms with van der Waals surface area (Å²) in [5, 5.41) is 3.26. The molecule has 2 saturated heterocycles. The summed E-state index contributed by atoms with van der Waals surface area (Å²) in [6, 6.07) is 9.42. The number of hydrogen-bond acceptors (Lipinski definition) is 2. The molecule has 4 heteroatoms. The van der Waals surface area contributed by atoms with Crippen molar-refractivity contribution >= 4 is 6.03 Å². The predicted octanol–water partition coefficient (Wildman–Crippen LogP) is 2.55. The fourth-order valence-corrected chi connectivity index (χ4v) is 4.28. The first-order valence-corrected chi connectivity index (χ1v) is 8.68. The molecule has 22 heavy (non-hydrogen) atoms. The van der Waals surface area contributed by atoms with Gasteiger partial charge in [0.05, 0.1) is 6.04 Å². The van der Waals surface area contributed by atoms with E-state index in [4.69, 9.17) is 0 Å². The zero-order chi connectivity index (χ0) is 14.9. The molecule has 1 N–H and O–H groups in total. The number of nitrogens with one attached hydrogen (secondary N) is 1. The van der Waals surface area contributed by atoms with Gasteiger partial charge in [0.15, 0.2) is 0 Å². The summed E-state index contributed by atoms with van der Waals surface area (Å²) in [5.41, 5.74) is 2.70. The number of carbonyl (C=O) groups excluding carboxylic acids is 1. The Hall–Kier alpha value is -1.55. The molecule has 118 valence electrons. The van der Waals surface area contributed by atoms with Crippen LogP contribution in [-0.2, 0) is 6.42 Å². The molecular formula is C18H25N3O. The topological polar surface area (TPSA) is 35.6 Å². The number of likely N-dealkylation sites (tertiary alicyclic amines) is 2. The summed E-state index contributed by atoms with van der Waals surface area (Å²) in [5.74, 6) is 0. The van der Waals surface area contributed by atoms with E-state index in [1.54, 1.807) is 0 Å². The van der Waals surface area contributed by atoms with Gasteiger partial charge in [0, 0.05) is 19.1 Å². The molecule has 1 aromatic carbocycles. The lowest BCUT2D eigenvalue weighted by atomic mass is 10.1. The lowest BCUT2D eigenvalue weighted by molar-refractivity contribution is 0.195. The van der Waals surface area contributed by atoms with E-state index < -0.39 is 0 Å². The Balaban J connectivity index is 1.35. The van der Waals surface area contributed by atoms with Gasteiger partial charge in [-0.15, -0.1) is 0 Å². The van der Waals surface area contributed by atoms with E-state index in [-0.39, 0.29) is 12.1 Å². The Bertz CT molecular complexity index is 553. The minimum absolute atomic E-state index is 0.128. The first-order valence-electron chi connectivity index (χ1n) is 8.68. The minimum Gasteiger partial charge on any atom is -0.331 e. The molecule has 2 fully saturated rings. The van der Waals surface area contributed by atoms with Gasteiger partial charge in [0.25, 0.3) is 0 Å². The maximum absolute atomic E-state index is 12.6. The van der Waals surface area contributed by atoms with Crippen molar-refractivity contribution in [3.63, 3.8) is 0 Å². The number of fused-ring (bicyclic) bond motifs is 1. The van der Waals surface area contributed by atoms with E-state index in [2.05, 4.69) is 34.5 Å². The molecular weight excluding hydrogens is 274 g/mol. The van der Waals surface area contributed by atoms with Crippen LogP contribution in [-0.4, -0.2) is 48.1 Å². The van der Waals surface area contributed by atoms with Crippen molar-refractivity contribution in [3.8, 4) is 0 Å². The van der Waals surface area contributed by atoms with Crippen LogP contribution in [0.3, 0.4) is 0 Å². The molecule has 0 aromatic heterocycles. The second-order valence-corrected chi connectivity index (χ2v) is 6.87. The van der Waals surface area contributed by atoms with Crippen molar-refractivity contribution < 1.29 is 4.79 Å². The van der Waals surface area contributed by atoms with Crippen LogP contribution in [0.5, 0.6) is 0 Å². The average molecular weight is 299 g/mol. The van der Waals surface area contributed by atoms with Crippen molar-refractivity contribution in [2.75, 3.05) is 26.2 Å². The molecule has 0 saturated carbocycles. The number of carbonyl (C=O) groups is 1. The molecule has 2 aliphatic heterocycles. The molecule has 0 spiro atoms. The monoisotopic (exact) mass is 299 g/mol. The molecule has 1 aromatic rings. The standard InChI is InChI=1S/C18H25N3O/c22-18(19-17-8-7-14-5-1-2-6-16(14)17)21-12-9-15(13-21)20-10-3-4-11-20/h1-2,5-6,15,17H,3-4,7-13H2,(H,19,22)/t15-,17-/m1/s1. The van der Waals surface area contributed by atoms with Crippen LogP contribution in [0.25, 0.3) is 0 Å². The molecule has 3 aliphatic rings. The summed E-state index contributed by atoms with van der Waals surface area (Å²) in [6.07, 6.45) is 5.89. The second kappa shape index (κ2) is 5.92. The normalized spacial score (nSPS) is 28.1. The highest BCUT2D eigenvalue weighted by Gasteiger charge is 2.33. The Labute approximate surface area is 132 Å². The third-order valence-electron chi connectivity index (χ3n) is 5.54. The second-order valence-electron chi connectivity index (χ2n) is 6.87. The van der Waals surface area contributed by atoms with Crippen LogP contribution >= 0.6 is 0 Å². The number of rotatable bonds is 2. The van der Waals surface area contributed by atoms with Crippen LogP contribution in [0.4, 0.5) is 4.79 Å². The molecule has 4 rings (SSSR count). The van der Waals surface area contributed by atoms with E-state index in [0.717, 1.165) is 32.4 Å². The Morgan fingerprint density at radius 3 is 2.77 bits per heavy atom. The fourth-order valence-electron chi connectivity index (χ4n) is 4.28. The highest BCUT2D eigenvalue weighted by Crippen LogP contribution is 2.31. The molecule has 2 amide bonds. The van der Waals surface area contributed by atoms with Crippen LogP contribution in [0, 0.1) is 0 Å². The largest absolute Gasteiger partial charge is 0.331 e. The SMILES string of the molecule is O=C(N[C@@H]1CCc2ccccc21)N1CC[C@@H](N2CCCC2)C1. The summed E-state index contributed by atoms with van der Waals surface area (Å²) in [6.45, 7) is 4.24. The van der Waals surface area contributed by atoms with Gasteiger partial charge in [-0.25, -0.2) is 4.79 Å². The minimum atomic E-state index is 0.128. The number of benzene rings is 1. The average Bonchev–Trinajstić information content (AvgIpc) is 3.28. The van der Waals surface area contributed by atoms with Crippen LogP contribution in [0.2, 0.25) is 0 Å². The Morgan fingerprint density at radius 2 is 1.91 bits per heavy atom. The lowest BCUT2D eigenvalue weighted by Gasteiger charge is -2.24. The summed E-state index contributed by atoms with van der Waals surface area (Å²) in [4.78, 5) is 17.2. The molecule has 2 atom stereocenters. The molecule has 0 radical (unpaired) electrons. The van der Waals surface area contributed by atoms with Gasteiger partial charge >= 0.3 is 6.03 Å².